The number of rotatable bonds is 1. The number of hydrogen-bond donors (Lipinski definition) is 0. The molecule has 1 aromatic rings. The number of thioether (sulfide) groups is 1. The summed E-state index contributed by atoms with van der Waals surface area (Å²) < 4.78 is 13.3. The molecule has 0 aromatic heterocycles. The zero-order chi connectivity index (χ0) is 11.4. The van der Waals surface area contributed by atoms with E-state index in [9.17, 15) is 4.39 Å². The minimum Gasteiger partial charge on any atom is -0.371 e. The third-order valence-electron chi connectivity index (χ3n) is 2.60. The highest BCUT2D eigenvalue weighted by molar-refractivity contribution is 7.99. The smallest absolute Gasteiger partial charge is 0.126 e. The molecule has 0 saturated carbocycles. The van der Waals surface area contributed by atoms with Gasteiger partial charge in [0.15, 0.2) is 0 Å². The third kappa shape index (κ3) is 2.67. The van der Waals surface area contributed by atoms with E-state index in [0.717, 1.165) is 36.7 Å². The average Bonchev–Trinajstić information content (AvgIpc) is 2.56. The Kier molecular flexibility index (Phi) is 3.68. The Bertz CT molecular complexity index is 406. The van der Waals surface area contributed by atoms with Gasteiger partial charge < -0.3 is 4.90 Å². The van der Waals surface area contributed by atoms with Crippen molar-refractivity contribution in [1.82, 2.24) is 0 Å². The van der Waals surface area contributed by atoms with Gasteiger partial charge in [-0.15, -0.1) is 0 Å². The van der Waals surface area contributed by atoms with Gasteiger partial charge in [-0.3, -0.25) is 0 Å². The Balaban J connectivity index is 2.24. The molecule has 0 amide bonds. The predicted molar refractivity (Wildman–Crippen MR) is 65.3 cm³/mol. The van der Waals surface area contributed by atoms with E-state index in [2.05, 4.69) is 4.90 Å². The van der Waals surface area contributed by atoms with E-state index < -0.39 is 0 Å². The van der Waals surface area contributed by atoms with Gasteiger partial charge in [0.1, 0.15) is 5.82 Å². The number of benzene rings is 1. The molecule has 0 aliphatic carbocycles. The van der Waals surface area contributed by atoms with Crippen LogP contribution >= 0.6 is 11.8 Å². The molecule has 0 atom stereocenters. The lowest BCUT2D eigenvalue weighted by molar-refractivity contribution is 0.626. The maximum absolute atomic E-state index is 13.3. The van der Waals surface area contributed by atoms with E-state index >= 15 is 0 Å². The van der Waals surface area contributed by atoms with E-state index in [1.165, 1.54) is 12.1 Å². The highest BCUT2D eigenvalue weighted by Crippen LogP contribution is 2.21. The average molecular weight is 236 g/mol. The van der Waals surface area contributed by atoms with Gasteiger partial charge in [-0.2, -0.15) is 17.0 Å². The Labute approximate surface area is 99.1 Å². The van der Waals surface area contributed by atoms with Crippen molar-refractivity contribution in [1.29, 1.82) is 5.26 Å². The zero-order valence-corrected chi connectivity index (χ0v) is 9.76. The maximum Gasteiger partial charge on any atom is 0.126 e. The van der Waals surface area contributed by atoms with Crippen LogP contribution in [0.15, 0.2) is 18.2 Å². The summed E-state index contributed by atoms with van der Waals surface area (Å²) in [5.41, 5.74) is 1.23. The lowest BCUT2D eigenvalue weighted by atomic mass is 10.2. The number of halogens is 1. The van der Waals surface area contributed by atoms with Crippen molar-refractivity contribution >= 4 is 17.4 Å². The van der Waals surface area contributed by atoms with Crippen molar-refractivity contribution in [2.75, 3.05) is 29.5 Å². The summed E-state index contributed by atoms with van der Waals surface area (Å²) >= 11 is 1.93. The van der Waals surface area contributed by atoms with Crippen LogP contribution in [0.2, 0.25) is 0 Å². The summed E-state index contributed by atoms with van der Waals surface area (Å²) in [5.74, 6) is 1.90. The molecule has 1 aromatic carbocycles. The van der Waals surface area contributed by atoms with E-state index in [-0.39, 0.29) is 5.82 Å². The third-order valence-corrected chi connectivity index (χ3v) is 3.65. The molecule has 1 heterocycles. The SMILES string of the molecule is N#Cc1cc(F)cc(N2CCCSCC2)c1. The first-order valence-corrected chi connectivity index (χ1v) is 6.48. The van der Waals surface area contributed by atoms with Gasteiger partial charge in [-0.1, -0.05) is 0 Å². The van der Waals surface area contributed by atoms with E-state index in [1.54, 1.807) is 6.07 Å². The van der Waals surface area contributed by atoms with Crippen molar-refractivity contribution in [3.8, 4) is 6.07 Å². The van der Waals surface area contributed by atoms with Crippen LogP contribution in [0.4, 0.5) is 10.1 Å². The molecule has 16 heavy (non-hydrogen) atoms. The fraction of sp³-hybridized carbons (Fsp3) is 0.417. The van der Waals surface area contributed by atoms with Crippen molar-refractivity contribution in [2.24, 2.45) is 0 Å². The monoisotopic (exact) mass is 236 g/mol. The van der Waals surface area contributed by atoms with Gasteiger partial charge in [0.2, 0.25) is 0 Å². The van der Waals surface area contributed by atoms with Crippen molar-refractivity contribution in [3.05, 3.63) is 29.6 Å². The molecule has 0 unspecified atom stereocenters. The Morgan fingerprint density at radius 3 is 2.94 bits per heavy atom. The van der Waals surface area contributed by atoms with E-state index in [0.29, 0.717) is 5.56 Å². The quantitative estimate of drug-likeness (QED) is 0.750. The molecule has 4 heteroatoms. The number of anilines is 1. The summed E-state index contributed by atoms with van der Waals surface area (Å²) in [6, 6.07) is 6.54. The summed E-state index contributed by atoms with van der Waals surface area (Å²) in [4.78, 5) is 2.16. The molecule has 2 rings (SSSR count). The van der Waals surface area contributed by atoms with Crippen LogP contribution in [0.25, 0.3) is 0 Å². The van der Waals surface area contributed by atoms with Crippen molar-refractivity contribution in [2.45, 2.75) is 6.42 Å². The molecule has 0 spiro atoms. The molecular formula is C12H13FN2S. The van der Waals surface area contributed by atoms with Gasteiger partial charge in [-0.05, 0) is 30.4 Å². The van der Waals surface area contributed by atoms with Crippen LogP contribution in [0.5, 0.6) is 0 Å². The van der Waals surface area contributed by atoms with Crippen LogP contribution in [-0.4, -0.2) is 24.6 Å². The van der Waals surface area contributed by atoms with Gasteiger partial charge >= 0.3 is 0 Å². The standard InChI is InChI=1S/C12H13FN2S/c13-11-6-10(9-14)7-12(8-11)15-2-1-4-16-5-3-15/h6-8H,1-5H2. The Morgan fingerprint density at radius 2 is 2.12 bits per heavy atom. The van der Waals surface area contributed by atoms with Crippen LogP contribution in [0.1, 0.15) is 12.0 Å². The minimum atomic E-state index is -0.328. The summed E-state index contributed by atoms with van der Waals surface area (Å²) in [5, 5.41) is 8.80. The lowest BCUT2D eigenvalue weighted by Crippen LogP contribution is -2.25. The molecule has 84 valence electrons. The van der Waals surface area contributed by atoms with Crippen molar-refractivity contribution in [3.63, 3.8) is 0 Å². The minimum absolute atomic E-state index is 0.328. The molecule has 1 saturated heterocycles. The first-order valence-electron chi connectivity index (χ1n) is 5.33. The number of nitrogens with zero attached hydrogens (tertiary/aromatic N) is 2. The van der Waals surface area contributed by atoms with Gasteiger partial charge in [0.25, 0.3) is 0 Å². The lowest BCUT2D eigenvalue weighted by Gasteiger charge is -2.22. The molecule has 0 radical (unpaired) electrons. The molecule has 2 nitrogen and oxygen atoms in total. The summed E-state index contributed by atoms with van der Waals surface area (Å²) in [6.45, 7) is 1.88. The number of hydrogen-bond acceptors (Lipinski definition) is 3. The molecule has 1 fully saturated rings. The van der Waals surface area contributed by atoms with E-state index in [1.807, 2.05) is 17.8 Å². The molecule has 0 N–H and O–H groups in total. The highest BCUT2D eigenvalue weighted by atomic mass is 32.2. The normalized spacial score (nSPS) is 16.6. The van der Waals surface area contributed by atoms with E-state index in [4.69, 9.17) is 5.26 Å². The summed E-state index contributed by atoms with van der Waals surface area (Å²) in [6.07, 6.45) is 1.11. The van der Waals surface area contributed by atoms with Crippen LogP contribution in [0.3, 0.4) is 0 Å². The van der Waals surface area contributed by atoms with Crippen LogP contribution in [0, 0.1) is 17.1 Å². The Morgan fingerprint density at radius 1 is 1.25 bits per heavy atom. The highest BCUT2D eigenvalue weighted by Gasteiger charge is 2.11. The molecule has 1 aliphatic rings. The van der Waals surface area contributed by atoms with Crippen LogP contribution in [-0.2, 0) is 0 Å². The fourth-order valence-electron chi connectivity index (χ4n) is 1.83. The molecule has 1 aliphatic heterocycles. The van der Waals surface area contributed by atoms with Crippen molar-refractivity contribution < 1.29 is 4.39 Å². The first kappa shape index (κ1) is 11.3. The largest absolute Gasteiger partial charge is 0.371 e. The zero-order valence-electron chi connectivity index (χ0n) is 8.95. The second-order valence-corrected chi connectivity index (χ2v) is 4.99. The van der Waals surface area contributed by atoms with Gasteiger partial charge in [0.05, 0.1) is 11.6 Å². The number of nitriles is 1. The maximum atomic E-state index is 13.3. The predicted octanol–water partition coefficient (Wildman–Crippen LogP) is 2.64. The topological polar surface area (TPSA) is 27.0 Å². The van der Waals surface area contributed by atoms with Gasteiger partial charge in [0, 0.05) is 24.5 Å². The molecular weight excluding hydrogens is 223 g/mol. The Hall–Kier alpha value is -1.21. The van der Waals surface area contributed by atoms with Crippen LogP contribution < -0.4 is 4.90 Å². The second kappa shape index (κ2) is 5.22. The van der Waals surface area contributed by atoms with Gasteiger partial charge in [-0.25, -0.2) is 4.39 Å². The molecule has 0 bridgehead atoms. The summed E-state index contributed by atoms with van der Waals surface area (Å²) in [7, 11) is 0. The second-order valence-electron chi connectivity index (χ2n) is 3.76. The first-order chi connectivity index (χ1) is 7.79. The fourth-order valence-corrected chi connectivity index (χ4v) is 2.71.